The first-order chi connectivity index (χ1) is 8.13. The molecule has 2 rings (SSSR count). The van der Waals surface area contributed by atoms with Crippen molar-refractivity contribution in [3.63, 3.8) is 0 Å². The van der Waals surface area contributed by atoms with Gasteiger partial charge in [0.1, 0.15) is 6.29 Å². The summed E-state index contributed by atoms with van der Waals surface area (Å²) in [5.41, 5.74) is 3.27. The van der Waals surface area contributed by atoms with Crippen molar-refractivity contribution < 1.29 is 4.79 Å². The fraction of sp³-hybridized carbons (Fsp3) is 0.267. The lowest BCUT2D eigenvalue weighted by Crippen LogP contribution is -1.89. The summed E-state index contributed by atoms with van der Waals surface area (Å²) >= 11 is 1.72. The molecule has 0 radical (unpaired) electrons. The molecule has 1 heterocycles. The van der Waals surface area contributed by atoms with E-state index in [-0.39, 0.29) is 0 Å². The second-order valence-corrected chi connectivity index (χ2v) is 5.35. The zero-order chi connectivity index (χ0) is 12.4. The molecule has 0 bridgehead atoms. The monoisotopic (exact) mass is 244 g/mol. The van der Waals surface area contributed by atoms with Gasteiger partial charge in [0.25, 0.3) is 0 Å². The highest BCUT2D eigenvalue weighted by Gasteiger charge is 2.08. The number of allylic oxidation sites excluding steroid dienone is 1. The quantitative estimate of drug-likeness (QED) is 0.568. The molecule has 0 spiro atoms. The highest BCUT2D eigenvalue weighted by Crippen LogP contribution is 2.31. The van der Waals surface area contributed by atoms with Crippen molar-refractivity contribution in [3.8, 4) is 0 Å². The van der Waals surface area contributed by atoms with Crippen molar-refractivity contribution in [2.24, 2.45) is 0 Å². The maximum Gasteiger partial charge on any atom is 0.145 e. The van der Waals surface area contributed by atoms with E-state index in [9.17, 15) is 4.79 Å². The number of carbonyl (C=O) groups excluding carboxylic acids is 1. The third-order valence-electron chi connectivity index (χ3n) is 2.92. The molecule has 0 saturated carbocycles. The van der Waals surface area contributed by atoms with Gasteiger partial charge in [-0.3, -0.25) is 4.79 Å². The maximum absolute atomic E-state index is 10.7. The summed E-state index contributed by atoms with van der Waals surface area (Å²) < 4.78 is 0. The van der Waals surface area contributed by atoms with Crippen molar-refractivity contribution in [1.29, 1.82) is 0 Å². The van der Waals surface area contributed by atoms with E-state index in [4.69, 9.17) is 0 Å². The third kappa shape index (κ3) is 2.32. The summed E-state index contributed by atoms with van der Waals surface area (Å²) in [5, 5.41) is 6.92. The fourth-order valence-electron chi connectivity index (χ4n) is 2.01. The van der Waals surface area contributed by atoms with Crippen LogP contribution in [0.2, 0.25) is 0 Å². The second-order valence-electron chi connectivity index (χ2n) is 4.60. The largest absolute Gasteiger partial charge is 0.298 e. The highest BCUT2D eigenvalue weighted by molar-refractivity contribution is 7.09. The van der Waals surface area contributed by atoms with Crippen LogP contribution < -0.4 is 0 Å². The smallest absolute Gasteiger partial charge is 0.145 e. The van der Waals surface area contributed by atoms with Crippen LogP contribution in [0.1, 0.15) is 37.8 Å². The van der Waals surface area contributed by atoms with Gasteiger partial charge in [-0.05, 0) is 57.2 Å². The van der Waals surface area contributed by atoms with E-state index in [2.05, 4.69) is 36.7 Å². The number of aldehydes is 1. The molecule has 0 atom stereocenters. The van der Waals surface area contributed by atoms with Gasteiger partial charge in [-0.25, -0.2) is 0 Å². The van der Waals surface area contributed by atoms with E-state index in [1.165, 1.54) is 16.3 Å². The molecular formula is C15H16OS. The van der Waals surface area contributed by atoms with Gasteiger partial charge in [-0.1, -0.05) is 26.0 Å². The minimum absolute atomic E-state index is 0.525. The van der Waals surface area contributed by atoms with Gasteiger partial charge in [-0.15, -0.1) is 0 Å². The van der Waals surface area contributed by atoms with Crippen molar-refractivity contribution in [2.45, 2.75) is 26.7 Å². The molecule has 0 fully saturated rings. The van der Waals surface area contributed by atoms with Gasteiger partial charge < -0.3 is 0 Å². The lowest BCUT2D eigenvalue weighted by atomic mass is 9.95. The van der Waals surface area contributed by atoms with Gasteiger partial charge in [0.2, 0.25) is 0 Å². The molecule has 0 aliphatic rings. The Bertz CT molecular complexity index is 576. The molecule has 0 N–H and O–H groups in total. The lowest BCUT2D eigenvalue weighted by Gasteiger charge is -2.09. The molecule has 0 amide bonds. The molecule has 0 unspecified atom stereocenters. The Kier molecular flexibility index (Phi) is 3.43. The molecule has 1 aromatic heterocycles. The first-order valence-electron chi connectivity index (χ1n) is 5.75. The molecule has 0 saturated heterocycles. The van der Waals surface area contributed by atoms with Crippen molar-refractivity contribution in [2.75, 3.05) is 0 Å². The van der Waals surface area contributed by atoms with E-state index < -0.39 is 0 Å². The van der Waals surface area contributed by atoms with E-state index in [1.54, 1.807) is 11.3 Å². The lowest BCUT2D eigenvalue weighted by molar-refractivity contribution is -0.104. The molecule has 2 aromatic rings. The Morgan fingerprint density at radius 2 is 1.94 bits per heavy atom. The standard InChI is InChI=1S/C15H16OS/c1-10(2)13-5-4-12(6-11(3)7-16)14-8-17-9-15(13)14/h4-10H,1-3H3/b11-6-. The summed E-state index contributed by atoms with van der Waals surface area (Å²) in [6.07, 6.45) is 2.85. The van der Waals surface area contributed by atoms with Crippen LogP contribution in [-0.4, -0.2) is 6.29 Å². The number of fused-ring (bicyclic) bond motifs is 1. The van der Waals surface area contributed by atoms with E-state index >= 15 is 0 Å². The summed E-state index contributed by atoms with van der Waals surface area (Å²) in [4.78, 5) is 10.7. The SMILES string of the molecule is C/C(C=O)=C/c1ccc(C(C)C)c2cscc12. The fourth-order valence-corrected chi connectivity index (χ4v) is 2.88. The summed E-state index contributed by atoms with van der Waals surface area (Å²) in [5.74, 6) is 0.525. The zero-order valence-corrected chi connectivity index (χ0v) is 11.2. The van der Waals surface area contributed by atoms with Crippen LogP contribution in [0.3, 0.4) is 0 Å². The van der Waals surface area contributed by atoms with Crippen LogP contribution in [0.15, 0.2) is 28.5 Å². The molecule has 1 aromatic carbocycles. The summed E-state index contributed by atoms with van der Waals surface area (Å²) in [6, 6.07) is 4.28. The van der Waals surface area contributed by atoms with Crippen molar-refractivity contribution >= 4 is 34.5 Å². The average molecular weight is 244 g/mol. The van der Waals surface area contributed by atoms with Crippen LogP contribution in [-0.2, 0) is 4.79 Å². The Morgan fingerprint density at radius 1 is 1.24 bits per heavy atom. The van der Waals surface area contributed by atoms with E-state index in [0.29, 0.717) is 5.92 Å². The topological polar surface area (TPSA) is 17.1 Å². The predicted molar refractivity (Wildman–Crippen MR) is 75.6 cm³/mol. The van der Waals surface area contributed by atoms with E-state index in [0.717, 1.165) is 17.4 Å². The first kappa shape index (κ1) is 12.1. The summed E-state index contributed by atoms with van der Waals surface area (Å²) in [6.45, 7) is 6.25. The predicted octanol–water partition coefficient (Wildman–Crippen LogP) is 4.63. The number of hydrogen-bond acceptors (Lipinski definition) is 2. The Hall–Kier alpha value is -1.41. The number of thiophene rings is 1. The molecule has 0 aliphatic carbocycles. The minimum atomic E-state index is 0.525. The number of rotatable bonds is 3. The highest BCUT2D eigenvalue weighted by atomic mass is 32.1. The Labute approximate surface area is 106 Å². The first-order valence-corrected chi connectivity index (χ1v) is 6.70. The molecule has 1 nitrogen and oxygen atoms in total. The molecule has 88 valence electrons. The van der Waals surface area contributed by atoms with Gasteiger partial charge >= 0.3 is 0 Å². The molecule has 0 aliphatic heterocycles. The third-order valence-corrected chi connectivity index (χ3v) is 3.66. The van der Waals surface area contributed by atoms with Gasteiger partial charge in [-0.2, -0.15) is 11.3 Å². The van der Waals surface area contributed by atoms with Crippen LogP contribution >= 0.6 is 11.3 Å². The Balaban J connectivity index is 2.65. The zero-order valence-electron chi connectivity index (χ0n) is 10.4. The normalized spacial score (nSPS) is 12.4. The van der Waals surface area contributed by atoms with Crippen molar-refractivity contribution in [1.82, 2.24) is 0 Å². The second kappa shape index (κ2) is 4.84. The van der Waals surface area contributed by atoms with Gasteiger partial charge in [0, 0.05) is 0 Å². The van der Waals surface area contributed by atoms with Crippen molar-refractivity contribution in [3.05, 3.63) is 39.6 Å². The van der Waals surface area contributed by atoms with Gasteiger partial charge in [0.15, 0.2) is 0 Å². The van der Waals surface area contributed by atoms with E-state index in [1.807, 2.05) is 13.0 Å². The van der Waals surface area contributed by atoms with Crippen LogP contribution in [0, 0.1) is 0 Å². The molecule has 17 heavy (non-hydrogen) atoms. The number of hydrogen-bond donors (Lipinski definition) is 0. The summed E-state index contributed by atoms with van der Waals surface area (Å²) in [7, 11) is 0. The number of carbonyl (C=O) groups is 1. The maximum atomic E-state index is 10.7. The van der Waals surface area contributed by atoms with Crippen LogP contribution in [0.4, 0.5) is 0 Å². The Morgan fingerprint density at radius 3 is 2.59 bits per heavy atom. The molecule has 2 heteroatoms. The molecular weight excluding hydrogens is 228 g/mol. The number of benzene rings is 1. The average Bonchev–Trinajstić information content (AvgIpc) is 2.77. The van der Waals surface area contributed by atoms with Crippen LogP contribution in [0.25, 0.3) is 16.8 Å². The minimum Gasteiger partial charge on any atom is -0.298 e. The van der Waals surface area contributed by atoms with Gasteiger partial charge in [0.05, 0.1) is 0 Å². The van der Waals surface area contributed by atoms with Crippen LogP contribution in [0.5, 0.6) is 0 Å².